The Kier molecular flexibility index (Phi) is 6.76. The molecule has 1 saturated heterocycles. The van der Waals surface area contributed by atoms with Crippen LogP contribution in [0.3, 0.4) is 0 Å². The van der Waals surface area contributed by atoms with Crippen molar-refractivity contribution in [3.63, 3.8) is 0 Å². The summed E-state index contributed by atoms with van der Waals surface area (Å²) in [5.74, 6) is 0.127. The molecule has 2 heterocycles. The molecule has 10 heteroatoms. The number of alkyl halides is 3. The summed E-state index contributed by atoms with van der Waals surface area (Å²) in [4.78, 5) is 12.6. The van der Waals surface area contributed by atoms with E-state index in [1.807, 2.05) is 0 Å². The van der Waals surface area contributed by atoms with E-state index in [1.165, 1.54) is 19.2 Å². The SMILES string of the molecule is COc1ccc(-c2ccc3[nH]nc(NC(=O)[C@@H]4CCCNC4)c3c2)c(C(F)(F)F)c1.Cl. The molecule has 0 saturated carbocycles. The molecule has 6 nitrogen and oxygen atoms in total. The predicted octanol–water partition coefficient (Wildman–Crippen LogP) is 4.62. The molecule has 4 rings (SSSR count). The molecule has 0 radical (unpaired) electrons. The van der Waals surface area contributed by atoms with E-state index in [1.54, 1.807) is 18.2 Å². The number of aromatic amines is 1. The van der Waals surface area contributed by atoms with Gasteiger partial charge in [0.05, 0.1) is 24.1 Å². The number of methoxy groups -OCH3 is 1. The Morgan fingerprint density at radius 2 is 2.03 bits per heavy atom. The van der Waals surface area contributed by atoms with Crippen LogP contribution in [0.4, 0.5) is 19.0 Å². The number of piperidine rings is 1. The first kappa shape index (κ1) is 22.9. The zero-order valence-corrected chi connectivity index (χ0v) is 17.5. The van der Waals surface area contributed by atoms with E-state index in [2.05, 4.69) is 20.8 Å². The Bertz CT molecular complexity index is 1080. The molecule has 3 N–H and O–H groups in total. The Morgan fingerprint density at radius 3 is 2.71 bits per heavy atom. The fraction of sp³-hybridized carbons (Fsp3) is 0.333. The van der Waals surface area contributed by atoms with Gasteiger partial charge in [-0.1, -0.05) is 12.1 Å². The summed E-state index contributed by atoms with van der Waals surface area (Å²) in [5.41, 5.74) is 0.232. The minimum absolute atomic E-state index is 0. The third-order valence-corrected chi connectivity index (χ3v) is 5.32. The molecule has 0 spiro atoms. The zero-order chi connectivity index (χ0) is 21.3. The van der Waals surface area contributed by atoms with Gasteiger partial charge in [-0.2, -0.15) is 18.3 Å². The van der Waals surface area contributed by atoms with Crippen LogP contribution in [0.15, 0.2) is 36.4 Å². The topological polar surface area (TPSA) is 79.0 Å². The Hall–Kier alpha value is -2.78. The van der Waals surface area contributed by atoms with E-state index in [0.717, 1.165) is 25.5 Å². The molecule has 1 atom stereocenters. The van der Waals surface area contributed by atoms with E-state index in [-0.39, 0.29) is 35.5 Å². The van der Waals surface area contributed by atoms with Gasteiger partial charge in [-0.3, -0.25) is 9.89 Å². The van der Waals surface area contributed by atoms with Crippen molar-refractivity contribution in [3.05, 3.63) is 42.0 Å². The summed E-state index contributed by atoms with van der Waals surface area (Å²) in [7, 11) is 1.32. The molecule has 166 valence electrons. The van der Waals surface area contributed by atoms with E-state index in [0.29, 0.717) is 28.8 Å². The maximum absolute atomic E-state index is 13.6. The largest absolute Gasteiger partial charge is 0.497 e. The average Bonchev–Trinajstić information content (AvgIpc) is 3.15. The van der Waals surface area contributed by atoms with Crippen molar-refractivity contribution in [1.82, 2.24) is 15.5 Å². The second-order valence-corrected chi connectivity index (χ2v) is 7.27. The molecule has 3 aromatic rings. The number of aromatic nitrogens is 2. The van der Waals surface area contributed by atoms with Crippen molar-refractivity contribution in [2.45, 2.75) is 19.0 Å². The highest BCUT2D eigenvalue weighted by Gasteiger charge is 2.34. The lowest BCUT2D eigenvalue weighted by atomic mass is 9.97. The molecule has 1 aromatic heterocycles. The van der Waals surface area contributed by atoms with Crippen LogP contribution in [0, 0.1) is 5.92 Å². The average molecular weight is 455 g/mol. The second-order valence-electron chi connectivity index (χ2n) is 7.27. The summed E-state index contributed by atoms with van der Waals surface area (Å²) >= 11 is 0. The number of anilines is 1. The van der Waals surface area contributed by atoms with Crippen molar-refractivity contribution in [3.8, 4) is 16.9 Å². The summed E-state index contributed by atoms with van der Waals surface area (Å²) in [6, 6.07) is 8.70. The van der Waals surface area contributed by atoms with Crippen LogP contribution in [-0.2, 0) is 11.0 Å². The molecule has 1 aliphatic rings. The predicted molar refractivity (Wildman–Crippen MR) is 115 cm³/mol. The maximum atomic E-state index is 13.6. The minimum Gasteiger partial charge on any atom is -0.497 e. The Labute approximate surface area is 183 Å². The highest BCUT2D eigenvalue weighted by atomic mass is 35.5. The number of ether oxygens (including phenoxy) is 1. The van der Waals surface area contributed by atoms with Crippen molar-refractivity contribution in [2.75, 3.05) is 25.5 Å². The lowest BCUT2D eigenvalue weighted by molar-refractivity contribution is -0.137. The number of amides is 1. The fourth-order valence-electron chi connectivity index (χ4n) is 3.71. The molecular weight excluding hydrogens is 433 g/mol. The number of rotatable bonds is 4. The minimum atomic E-state index is -4.54. The Morgan fingerprint density at radius 1 is 1.23 bits per heavy atom. The first-order valence-electron chi connectivity index (χ1n) is 9.62. The molecular formula is C21H22ClF3N4O2. The summed E-state index contributed by atoms with van der Waals surface area (Å²) in [6.07, 6.45) is -2.84. The monoisotopic (exact) mass is 454 g/mol. The van der Waals surface area contributed by atoms with Gasteiger partial charge in [0.15, 0.2) is 5.82 Å². The highest BCUT2D eigenvalue weighted by Crippen LogP contribution is 2.40. The number of benzene rings is 2. The van der Waals surface area contributed by atoms with Gasteiger partial charge in [-0.15, -0.1) is 12.4 Å². The number of halogens is 4. The van der Waals surface area contributed by atoms with E-state index >= 15 is 0 Å². The quantitative estimate of drug-likeness (QED) is 0.537. The number of fused-ring (bicyclic) bond motifs is 1. The molecule has 2 aromatic carbocycles. The highest BCUT2D eigenvalue weighted by molar-refractivity contribution is 6.01. The van der Waals surface area contributed by atoms with Crippen LogP contribution < -0.4 is 15.4 Å². The van der Waals surface area contributed by atoms with Crippen LogP contribution in [0.2, 0.25) is 0 Å². The van der Waals surface area contributed by atoms with Gasteiger partial charge in [0.25, 0.3) is 0 Å². The zero-order valence-electron chi connectivity index (χ0n) is 16.7. The van der Waals surface area contributed by atoms with Crippen LogP contribution in [0.1, 0.15) is 18.4 Å². The normalized spacial score (nSPS) is 16.6. The molecule has 0 aliphatic carbocycles. The van der Waals surface area contributed by atoms with E-state index < -0.39 is 11.7 Å². The number of nitrogens with zero attached hydrogens (tertiary/aromatic N) is 1. The number of H-pyrrole nitrogens is 1. The van der Waals surface area contributed by atoms with Crippen LogP contribution in [-0.4, -0.2) is 36.3 Å². The number of carbonyl (C=O) groups is 1. The van der Waals surface area contributed by atoms with Gasteiger partial charge in [-0.25, -0.2) is 0 Å². The first-order chi connectivity index (χ1) is 14.4. The molecule has 1 aliphatic heterocycles. The second kappa shape index (κ2) is 9.15. The van der Waals surface area contributed by atoms with Crippen LogP contribution in [0.25, 0.3) is 22.0 Å². The number of hydrogen-bond acceptors (Lipinski definition) is 4. The van der Waals surface area contributed by atoms with Gasteiger partial charge < -0.3 is 15.4 Å². The maximum Gasteiger partial charge on any atom is 0.417 e. The van der Waals surface area contributed by atoms with Crippen molar-refractivity contribution >= 4 is 35.0 Å². The third kappa shape index (κ3) is 4.77. The molecule has 0 unspecified atom stereocenters. The molecule has 1 fully saturated rings. The number of carbonyl (C=O) groups excluding carboxylic acids is 1. The first-order valence-corrected chi connectivity index (χ1v) is 9.62. The van der Waals surface area contributed by atoms with Gasteiger partial charge in [-0.05, 0) is 54.8 Å². The molecule has 1 amide bonds. The summed E-state index contributed by atoms with van der Waals surface area (Å²) in [6.45, 7) is 1.49. The standard InChI is InChI=1S/C21H21F3N4O2.ClH/c1-30-14-5-6-15(17(10-14)21(22,23)24)12-4-7-18-16(9-12)19(28-27-18)26-20(29)13-3-2-8-25-11-13;/h4-7,9-10,13,25H,2-3,8,11H2,1H3,(H2,26,27,28,29);1H/t13-;/m1./s1. The number of hydrogen-bond donors (Lipinski definition) is 3. The van der Waals surface area contributed by atoms with Crippen LogP contribution in [0.5, 0.6) is 5.75 Å². The number of nitrogens with one attached hydrogen (secondary N) is 3. The van der Waals surface area contributed by atoms with Crippen molar-refractivity contribution in [2.24, 2.45) is 5.92 Å². The lowest BCUT2D eigenvalue weighted by Gasteiger charge is -2.21. The fourth-order valence-corrected chi connectivity index (χ4v) is 3.71. The van der Waals surface area contributed by atoms with E-state index in [4.69, 9.17) is 4.74 Å². The molecule has 0 bridgehead atoms. The van der Waals surface area contributed by atoms with Crippen molar-refractivity contribution < 1.29 is 22.7 Å². The van der Waals surface area contributed by atoms with Crippen molar-refractivity contribution in [1.29, 1.82) is 0 Å². The smallest absolute Gasteiger partial charge is 0.417 e. The van der Waals surface area contributed by atoms with Gasteiger partial charge in [0.2, 0.25) is 5.91 Å². The molecule has 31 heavy (non-hydrogen) atoms. The van der Waals surface area contributed by atoms with Gasteiger partial charge >= 0.3 is 6.18 Å². The summed E-state index contributed by atoms with van der Waals surface area (Å²) < 4.78 is 45.8. The Balaban J connectivity index is 0.00000272. The van der Waals surface area contributed by atoms with Crippen LogP contribution >= 0.6 is 12.4 Å². The lowest BCUT2D eigenvalue weighted by Crippen LogP contribution is -2.37. The summed E-state index contributed by atoms with van der Waals surface area (Å²) in [5, 5.41) is 13.5. The third-order valence-electron chi connectivity index (χ3n) is 5.32. The van der Waals surface area contributed by atoms with Gasteiger partial charge in [0.1, 0.15) is 5.75 Å². The van der Waals surface area contributed by atoms with Gasteiger partial charge in [0, 0.05) is 11.9 Å². The van der Waals surface area contributed by atoms with E-state index in [9.17, 15) is 18.0 Å².